The number of aromatic nitrogens is 2. The predicted molar refractivity (Wildman–Crippen MR) is 83.0 cm³/mol. The quantitative estimate of drug-likeness (QED) is 0.889. The van der Waals surface area contributed by atoms with Crippen molar-refractivity contribution in [1.29, 1.82) is 0 Å². The molecule has 21 heavy (non-hydrogen) atoms. The van der Waals surface area contributed by atoms with Crippen molar-refractivity contribution in [3.63, 3.8) is 0 Å². The largest absolute Gasteiger partial charge is 0.356 e. The van der Waals surface area contributed by atoms with Crippen LogP contribution >= 0.6 is 11.3 Å². The maximum Gasteiger partial charge on any atom is 0.205 e. The highest BCUT2D eigenvalue weighted by atomic mass is 32.1. The van der Waals surface area contributed by atoms with Gasteiger partial charge in [-0.15, -0.1) is 10.2 Å². The van der Waals surface area contributed by atoms with E-state index >= 15 is 0 Å². The number of hydrogen-bond donors (Lipinski definition) is 1. The summed E-state index contributed by atoms with van der Waals surface area (Å²) in [5.41, 5.74) is 1.63. The predicted octanol–water partition coefficient (Wildman–Crippen LogP) is 3.23. The molecule has 1 aliphatic rings. The van der Waals surface area contributed by atoms with Crippen LogP contribution in [0.15, 0.2) is 18.2 Å². The van der Waals surface area contributed by atoms with Gasteiger partial charge in [0.25, 0.3) is 0 Å². The highest BCUT2D eigenvalue weighted by Gasteiger charge is 2.27. The summed E-state index contributed by atoms with van der Waals surface area (Å²) < 4.78 is 14.0. The van der Waals surface area contributed by atoms with Gasteiger partial charge >= 0.3 is 0 Å². The molecule has 2 aromatic rings. The normalized spacial score (nSPS) is 14.7. The van der Waals surface area contributed by atoms with Gasteiger partial charge in [0.2, 0.25) is 5.13 Å². The molecule has 0 amide bonds. The lowest BCUT2D eigenvalue weighted by atomic mass is 10.1. The first-order valence-electron chi connectivity index (χ1n) is 7.11. The van der Waals surface area contributed by atoms with E-state index in [1.165, 1.54) is 12.8 Å². The van der Waals surface area contributed by atoms with Gasteiger partial charge in [0.05, 0.1) is 0 Å². The topological polar surface area (TPSA) is 41.0 Å². The second-order valence-corrected chi connectivity index (χ2v) is 6.75. The molecule has 1 aromatic carbocycles. The number of rotatable bonds is 6. The van der Waals surface area contributed by atoms with Crippen LogP contribution in [0.3, 0.4) is 0 Å². The number of anilines is 1. The Kier molecular flexibility index (Phi) is 4.17. The molecular weight excluding hydrogens is 287 g/mol. The molecule has 0 unspecified atom stereocenters. The molecule has 0 atom stereocenters. The van der Waals surface area contributed by atoms with Gasteiger partial charge in [0.1, 0.15) is 10.8 Å². The van der Waals surface area contributed by atoms with Gasteiger partial charge in [-0.3, -0.25) is 0 Å². The van der Waals surface area contributed by atoms with Crippen LogP contribution in [0.25, 0.3) is 0 Å². The van der Waals surface area contributed by atoms with Crippen LogP contribution in [0, 0.1) is 5.82 Å². The third-order valence-corrected chi connectivity index (χ3v) is 4.46. The first-order chi connectivity index (χ1) is 10.1. The first-order valence-corrected chi connectivity index (χ1v) is 7.93. The minimum absolute atomic E-state index is 0.154. The van der Waals surface area contributed by atoms with E-state index < -0.39 is 0 Å². The Morgan fingerprint density at radius 2 is 2.14 bits per heavy atom. The zero-order valence-electron chi connectivity index (χ0n) is 12.3. The summed E-state index contributed by atoms with van der Waals surface area (Å²) in [6.45, 7) is 1.18. The molecule has 3 rings (SSSR count). The van der Waals surface area contributed by atoms with Crippen molar-refractivity contribution >= 4 is 16.5 Å². The molecule has 1 fully saturated rings. The fourth-order valence-electron chi connectivity index (χ4n) is 2.15. The van der Waals surface area contributed by atoms with Crippen LogP contribution in [0.5, 0.6) is 0 Å². The SMILES string of the molecule is CN(C)Cc1ccc(CNc2nnc(C3CC3)s2)cc1F. The molecule has 6 heteroatoms. The maximum atomic E-state index is 14.0. The van der Waals surface area contributed by atoms with Crippen molar-refractivity contribution < 1.29 is 4.39 Å². The van der Waals surface area contributed by atoms with Crippen LogP contribution < -0.4 is 5.32 Å². The molecule has 1 aliphatic carbocycles. The number of hydrogen-bond acceptors (Lipinski definition) is 5. The van der Waals surface area contributed by atoms with Crippen molar-refractivity contribution in [2.24, 2.45) is 0 Å². The van der Waals surface area contributed by atoms with Crippen LogP contribution in [-0.4, -0.2) is 29.2 Å². The van der Waals surface area contributed by atoms with Gasteiger partial charge in [-0.25, -0.2) is 4.39 Å². The molecule has 0 aliphatic heterocycles. The molecule has 0 saturated heterocycles. The van der Waals surface area contributed by atoms with Gasteiger partial charge in [-0.2, -0.15) is 0 Å². The molecule has 1 N–H and O–H groups in total. The fourth-order valence-corrected chi connectivity index (χ4v) is 3.06. The average Bonchev–Trinajstić information content (AvgIpc) is 3.18. The summed E-state index contributed by atoms with van der Waals surface area (Å²) in [5.74, 6) is 0.472. The zero-order valence-corrected chi connectivity index (χ0v) is 13.1. The monoisotopic (exact) mass is 306 g/mol. The van der Waals surface area contributed by atoms with Gasteiger partial charge < -0.3 is 10.2 Å². The number of nitrogens with one attached hydrogen (secondary N) is 1. The van der Waals surface area contributed by atoms with Crippen LogP contribution in [0.2, 0.25) is 0 Å². The highest BCUT2D eigenvalue weighted by molar-refractivity contribution is 7.15. The third-order valence-electron chi connectivity index (χ3n) is 3.42. The Balaban J connectivity index is 1.60. The average molecular weight is 306 g/mol. The van der Waals surface area contributed by atoms with E-state index in [-0.39, 0.29) is 5.82 Å². The molecule has 0 bridgehead atoms. The van der Waals surface area contributed by atoms with E-state index in [1.807, 2.05) is 31.1 Å². The molecular formula is C15H19FN4S. The fraction of sp³-hybridized carbons (Fsp3) is 0.467. The Bertz CT molecular complexity index is 622. The van der Waals surface area contributed by atoms with Crippen molar-refractivity contribution in [2.45, 2.75) is 31.8 Å². The minimum atomic E-state index is -0.154. The van der Waals surface area contributed by atoms with Crippen LogP contribution in [-0.2, 0) is 13.1 Å². The Morgan fingerprint density at radius 1 is 1.33 bits per heavy atom. The van der Waals surface area contributed by atoms with E-state index in [0.717, 1.165) is 21.3 Å². The summed E-state index contributed by atoms with van der Waals surface area (Å²) in [6.07, 6.45) is 2.46. The van der Waals surface area contributed by atoms with Crippen LogP contribution in [0.4, 0.5) is 9.52 Å². The summed E-state index contributed by atoms with van der Waals surface area (Å²) in [4.78, 5) is 1.96. The summed E-state index contributed by atoms with van der Waals surface area (Å²) in [6, 6.07) is 5.40. The standard InChI is InChI=1S/C15H19FN4S/c1-20(2)9-12-4-3-10(7-13(12)16)8-17-15-19-18-14(21-15)11-5-6-11/h3-4,7,11H,5-6,8-9H2,1-2H3,(H,17,19). The molecule has 112 valence electrons. The van der Waals surface area contributed by atoms with E-state index in [0.29, 0.717) is 19.0 Å². The summed E-state index contributed by atoms with van der Waals surface area (Å²) in [7, 11) is 3.86. The van der Waals surface area contributed by atoms with Gasteiger partial charge in [0.15, 0.2) is 0 Å². The Morgan fingerprint density at radius 3 is 2.81 bits per heavy atom. The van der Waals surface area contributed by atoms with E-state index in [1.54, 1.807) is 17.4 Å². The lowest BCUT2D eigenvalue weighted by Gasteiger charge is -2.11. The third kappa shape index (κ3) is 3.77. The summed E-state index contributed by atoms with van der Waals surface area (Å²) >= 11 is 1.60. The molecule has 4 nitrogen and oxygen atoms in total. The van der Waals surface area contributed by atoms with E-state index in [4.69, 9.17) is 0 Å². The second-order valence-electron chi connectivity index (χ2n) is 5.74. The Labute approximate surface area is 128 Å². The smallest absolute Gasteiger partial charge is 0.205 e. The Hall–Kier alpha value is -1.53. The van der Waals surface area contributed by atoms with E-state index in [9.17, 15) is 4.39 Å². The van der Waals surface area contributed by atoms with E-state index in [2.05, 4.69) is 15.5 Å². The van der Waals surface area contributed by atoms with Crippen molar-refractivity contribution in [2.75, 3.05) is 19.4 Å². The number of halogens is 1. The van der Waals surface area contributed by atoms with Gasteiger partial charge in [0, 0.05) is 24.6 Å². The number of nitrogens with zero attached hydrogens (tertiary/aromatic N) is 3. The molecule has 1 aromatic heterocycles. The van der Waals surface area contributed by atoms with Gasteiger partial charge in [-0.05, 0) is 38.6 Å². The zero-order chi connectivity index (χ0) is 14.8. The summed E-state index contributed by atoms with van der Waals surface area (Å²) in [5, 5.41) is 13.5. The number of benzene rings is 1. The van der Waals surface area contributed by atoms with Gasteiger partial charge in [-0.1, -0.05) is 23.5 Å². The minimum Gasteiger partial charge on any atom is -0.356 e. The van der Waals surface area contributed by atoms with Crippen molar-refractivity contribution in [3.05, 3.63) is 40.2 Å². The van der Waals surface area contributed by atoms with Crippen molar-refractivity contribution in [3.8, 4) is 0 Å². The molecule has 0 radical (unpaired) electrons. The first kappa shape index (κ1) is 14.4. The second kappa shape index (κ2) is 6.07. The molecule has 0 spiro atoms. The maximum absolute atomic E-state index is 14.0. The molecule has 1 saturated carbocycles. The lowest BCUT2D eigenvalue weighted by Crippen LogP contribution is -2.12. The highest BCUT2D eigenvalue weighted by Crippen LogP contribution is 2.42. The molecule has 1 heterocycles. The lowest BCUT2D eigenvalue weighted by molar-refractivity contribution is 0.392. The van der Waals surface area contributed by atoms with Crippen LogP contribution in [0.1, 0.15) is 34.9 Å². The van der Waals surface area contributed by atoms with Crippen molar-refractivity contribution in [1.82, 2.24) is 15.1 Å².